The lowest BCUT2D eigenvalue weighted by Crippen LogP contribution is -2.34. The predicted octanol–water partition coefficient (Wildman–Crippen LogP) is 0.825. The zero-order valence-electron chi connectivity index (χ0n) is 12.5. The van der Waals surface area contributed by atoms with E-state index in [0.29, 0.717) is 20.2 Å². The molecule has 1 atom stereocenters. The van der Waals surface area contributed by atoms with Gasteiger partial charge in [0.15, 0.2) is 6.04 Å². The first kappa shape index (κ1) is 15.7. The summed E-state index contributed by atoms with van der Waals surface area (Å²) in [7, 11) is 0. The average Bonchev–Trinajstić information content (AvgIpc) is 3.27. The molecular weight excluding hydrogens is 366 g/mol. The molecule has 0 amide bonds. The molecule has 1 N–H and O–H groups in total. The van der Waals surface area contributed by atoms with Crippen molar-refractivity contribution in [2.75, 3.05) is 0 Å². The Labute approximate surface area is 149 Å². The van der Waals surface area contributed by atoms with Crippen LogP contribution in [-0.2, 0) is 4.79 Å². The van der Waals surface area contributed by atoms with Crippen LogP contribution in [0.1, 0.15) is 12.0 Å². The fourth-order valence-electron chi connectivity index (χ4n) is 2.55. The lowest BCUT2D eigenvalue weighted by Gasteiger charge is -2.14. The van der Waals surface area contributed by atoms with Crippen molar-refractivity contribution in [2.45, 2.75) is 12.5 Å². The van der Waals surface area contributed by atoms with Gasteiger partial charge in [0.2, 0.25) is 4.96 Å². The largest absolute Gasteiger partial charge is 0.480 e. The van der Waals surface area contributed by atoms with E-state index >= 15 is 0 Å². The number of carbonyl (C=O) groups is 1. The molecule has 3 heterocycles. The summed E-state index contributed by atoms with van der Waals surface area (Å²) in [6.45, 7) is 0. The molecule has 0 spiro atoms. The van der Waals surface area contributed by atoms with Gasteiger partial charge in [0.05, 0.1) is 5.71 Å². The summed E-state index contributed by atoms with van der Waals surface area (Å²) in [5, 5.41) is 19.6. The molecule has 3 aromatic rings. The van der Waals surface area contributed by atoms with E-state index in [1.54, 1.807) is 24.3 Å². The summed E-state index contributed by atoms with van der Waals surface area (Å²) >= 11 is 7.01. The molecule has 0 unspecified atom stereocenters. The Bertz CT molecular complexity index is 1100. The predicted molar refractivity (Wildman–Crippen MR) is 92.7 cm³/mol. The van der Waals surface area contributed by atoms with Gasteiger partial charge in [0, 0.05) is 17.6 Å². The normalized spacial score (nSPS) is 18.1. The summed E-state index contributed by atoms with van der Waals surface area (Å²) in [6.07, 6.45) is 2.96. The van der Waals surface area contributed by atoms with E-state index in [1.165, 1.54) is 22.1 Å². The number of halogens is 1. The monoisotopic (exact) mass is 375 g/mol. The van der Waals surface area contributed by atoms with Crippen LogP contribution < -0.4 is 10.1 Å². The van der Waals surface area contributed by atoms with E-state index in [-0.39, 0.29) is 12.0 Å². The third kappa shape index (κ3) is 2.77. The molecule has 2 aromatic heterocycles. The second kappa shape index (κ2) is 5.94. The molecule has 25 heavy (non-hydrogen) atoms. The lowest BCUT2D eigenvalue weighted by molar-refractivity contribution is -0.141. The van der Waals surface area contributed by atoms with Crippen LogP contribution in [0.25, 0.3) is 11.2 Å². The maximum atomic E-state index is 12.2. The summed E-state index contributed by atoms with van der Waals surface area (Å²) in [6, 6.07) is 6.12. The number of aliphatic carboxylic acids is 1. The molecule has 1 aliphatic rings. The number of hydrogen-bond acceptors (Lipinski definition) is 7. The summed E-state index contributed by atoms with van der Waals surface area (Å²) in [4.78, 5) is 28.2. The SMILES string of the molecule is O=C(O)[C@@H]1CC(c2ccc(Cl)cc2)=NN1/C=c1\sc2ncnn2c1=O. The third-order valence-electron chi connectivity index (χ3n) is 3.78. The highest BCUT2D eigenvalue weighted by Gasteiger charge is 2.32. The van der Waals surface area contributed by atoms with Crippen molar-refractivity contribution in [1.29, 1.82) is 0 Å². The van der Waals surface area contributed by atoms with Crippen LogP contribution in [0, 0.1) is 0 Å². The number of thiazole rings is 1. The smallest absolute Gasteiger partial charge is 0.328 e. The maximum Gasteiger partial charge on any atom is 0.328 e. The minimum Gasteiger partial charge on any atom is -0.480 e. The van der Waals surface area contributed by atoms with E-state index in [4.69, 9.17) is 11.6 Å². The minimum absolute atomic E-state index is 0.225. The molecule has 10 heteroatoms. The highest BCUT2D eigenvalue weighted by Crippen LogP contribution is 2.22. The highest BCUT2D eigenvalue weighted by molar-refractivity contribution is 7.14. The fourth-order valence-corrected chi connectivity index (χ4v) is 3.53. The van der Waals surface area contributed by atoms with Crippen LogP contribution in [-0.4, -0.2) is 42.4 Å². The number of fused-ring (bicyclic) bond motifs is 1. The number of hydrogen-bond donors (Lipinski definition) is 1. The number of aromatic nitrogens is 3. The molecule has 0 saturated carbocycles. The van der Waals surface area contributed by atoms with Gasteiger partial charge >= 0.3 is 5.97 Å². The van der Waals surface area contributed by atoms with E-state index < -0.39 is 12.0 Å². The van der Waals surface area contributed by atoms with Crippen LogP contribution >= 0.6 is 22.9 Å². The highest BCUT2D eigenvalue weighted by atomic mass is 35.5. The molecule has 4 rings (SSSR count). The van der Waals surface area contributed by atoms with Gasteiger partial charge in [-0.25, -0.2) is 9.78 Å². The van der Waals surface area contributed by atoms with E-state index in [0.717, 1.165) is 16.9 Å². The van der Waals surface area contributed by atoms with Crippen molar-refractivity contribution >= 4 is 45.8 Å². The summed E-state index contributed by atoms with van der Waals surface area (Å²) < 4.78 is 1.49. The molecule has 1 aromatic carbocycles. The maximum absolute atomic E-state index is 12.2. The van der Waals surface area contributed by atoms with Gasteiger partial charge in [-0.3, -0.25) is 9.80 Å². The van der Waals surface area contributed by atoms with E-state index in [9.17, 15) is 14.7 Å². The van der Waals surface area contributed by atoms with Crippen molar-refractivity contribution in [3.63, 3.8) is 0 Å². The zero-order valence-corrected chi connectivity index (χ0v) is 14.1. The average molecular weight is 376 g/mol. The molecule has 126 valence electrons. The topological polar surface area (TPSA) is 100 Å². The third-order valence-corrected chi connectivity index (χ3v) is 4.99. The Morgan fingerprint density at radius 2 is 2.12 bits per heavy atom. The Morgan fingerprint density at radius 1 is 1.36 bits per heavy atom. The van der Waals surface area contributed by atoms with Crippen molar-refractivity contribution < 1.29 is 9.90 Å². The molecule has 0 radical (unpaired) electrons. The van der Waals surface area contributed by atoms with Crippen LogP contribution in [0.5, 0.6) is 0 Å². The second-order valence-electron chi connectivity index (χ2n) is 5.35. The molecule has 0 fully saturated rings. The van der Waals surface area contributed by atoms with Crippen LogP contribution in [0.3, 0.4) is 0 Å². The van der Waals surface area contributed by atoms with Gasteiger partial charge in [-0.1, -0.05) is 35.1 Å². The first-order valence-corrected chi connectivity index (χ1v) is 8.41. The van der Waals surface area contributed by atoms with Gasteiger partial charge in [-0.05, 0) is 17.7 Å². The number of carboxylic acid groups (broad SMARTS) is 1. The van der Waals surface area contributed by atoms with Gasteiger partial charge in [0.1, 0.15) is 10.9 Å². The fraction of sp³-hybridized carbons (Fsp3) is 0.133. The van der Waals surface area contributed by atoms with Crippen molar-refractivity contribution in [2.24, 2.45) is 5.10 Å². The van der Waals surface area contributed by atoms with Gasteiger partial charge in [-0.15, -0.1) is 0 Å². The molecule has 0 saturated heterocycles. The zero-order chi connectivity index (χ0) is 17.6. The summed E-state index contributed by atoms with van der Waals surface area (Å²) in [5.41, 5.74) is 1.06. The number of hydrazone groups is 1. The van der Waals surface area contributed by atoms with Gasteiger partial charge < -0.3 is 5.11 Å². The van der Waals surface area contributed by atoms with E-state index in [2.05, 4.69) is 15.2 Å². The Hall–Kier alpha value is -2.78. The van der Waals surface area contributed by atoms with Crippen molar-refractivity contribution in [1.82, 2.24) is 19.6 Å². The first-order valence-electron chi connectivity index (χ1n) is 7.22. The molecule has 0 bridgehead atoms. The van der Waals surface area contributed by atoms with Crippen LogP contribution in [0.2, 0.25) is 5.02 Å². The molecule has 8 nitrogen and oxygen atoms in total. The van der Waals surface area contributed by atoms with Gasteiger partial charge in [-0.2, -0.15) is 14.7 Å². The minimum atomic E-state index is -1.02. The van der Waals surface area contributed by atoms with Gasteiger partial charge in [0.25, 0.3) is 5.56 Å². The Morgan fingerprint density at radius 3 is 2.80 bits per heavy atom. The number of rotatable bonds is 3. The molecular formula is C15H10ClN5O3S. The quantitative estimate of drug-likeness (QED) is 0.727. The number of nitrogens with zero attached hydrogens (tertiary/aromatic N) is 5. The number of benzene rings is 1. The molecule has 0 aliphatic carbocycles. The molecule has 1 aliphatic heterocycles. The van der Waals surface area contributed by atoms with Crippen LogP contribution in [0.4, 0.5) is 0 Å². The van der Waals surface area contributed by atoms with Crippen LogP contribution in [0.15, 0.2) is 40.5 Å². The second-order valence-corrected chi connectivity index (χ2v) is 6.79. The Balaban J connectivity index is 1.77. The lowest BCUT2D eigenvalue weighted by atomic mass is 10.0. The summed E-state index contributed by atoms with van der Waals surface area (Å²) in [5.74, 6) is -1.02. The van der Waals surface area contributed by atoms with E-state index in [1.807, 2.05) is 0 Å². The standard InChI is InChI=1S/C15H10ClN5O3S/c16-9-3-1-8(2-4-9)10-5-11(14(23)24)20(19-10)6-12-13(22)21-15(25-12)17-7-18-21/h1-4,6-7,11H,5H2,(H,23,24)/b12-6-/t11-/m0/s1. The van der Waals surface area contributed by atoms with Crippen molar-refractivity contribution in [3.8, 4) is 0 Å². The number of carboxylic acids is 1. The first-order chi connectivity index (χ1) is 12.0. The Kier molecular flexibility index (Phi) is 3.74. The van der Waals surface area contributed by atoms with Crippen molar-refractivity contribution in [3.05, 3.63) is 56.1 Å².